The third-order valence-corrected chi connectivity index (χ3v) is 3.18. The molecule has 0 fully saturated rings. The second-order valence-corrected chi connectivity index (χ2v) is 4.74. The highest BCUT2D eigenvalue weighted by Crippen LogP contribution is 2.26. The van der Waals surface area contributed by atoms with Gasteiger partial charge in [-0.2, -0.15) is 0 Å². The molecule has 0 aliphatic rings. The third kappa shape index (κ3) is 2.83. The Morgan fingerprint density at radius 2 is 1.80 bits per heavy atom. The number of hydrogen-bond acceptors (Lipinski definition) is 3. The Balaban J connectivity index is 1.95. The van der Waals surface area contributed by atoms with Crippen molar-refractivity contribution >= 4 is 17.4 Å². The summed E-state index contributed by atoms with van der Waals surface area (Å²) < 4.78 is 5.53. The van der Waals surface area contributed by atoms with E-state index < -0.39 is 0 Å². The molecule has 3 aromatic rings. The normalized spacial score (nSPS) is 12.1. The van der Waals surface area contributed by atoms with E-state index in [1.54, 1.807) is 12.3 Å². The van der Waals surface area contributed by atoms with E-state index in [0.29, 0.717) is 11.0 Å². The van der Waals surface area contributed by atoms with Crippen LogP contribution < -0.4 is 5.32 Å². The van der Waals surface area contributed by atoms with E-state index in [2.05, 4.69) is 10.3 Å². The smallest absolute Gasteiger partial charge is 0.131 e. The fourth-order valence-corrected chi connectivity index (χ4v) is 2.22. The summed E-state index contributed by atoms with van der Waals surface area (Å²) in [7, 11) is 0. The van der Waals surface area contributed by atoms with Crippen LogP contribution in [0.15, 0.2) is 71.3 Å². The first-order valence-corrected chi connectivity index (χ1v) is 6.68. The van der Waals surface area contributed by atoms with E-state index in [-0.39, 0.29) is 6.04 Å². The lowest BCUT2D eigenvalue weighted by atomic mass is 10.0. The molecule has 20 heavy (non-hydrogen) atoms. The lowest BCUT2D eigenvalue weighted by Gasteiger charge is -2.17. The summed E-state index contributed by atoms with van der Waals surface area (Å²) in [6.45, 7) is 0. The van der Waals surface area contributed by atoms with E-state index in [9.17, 15) is 0 Å². The van der Waals surface area contributed by atoms with Gasteiger partial charge in [0.15, 0.2) is 0 Å². The van der Waals surface area contributed by atoms with Crippen molar-refractivity contribution < 1.29 is 4.42 Å². The van der Waals surface area contributed by atoms with Crippen LogP contribution in [0, 0.1) is 0 Å². The molecule has 0 radical (unpaired) electrons. The molecule has 3 rings (SSSR count). The molecule has 1 unspecified atom stereocenters. The topological polar surface area (TPSA) is 38.1 Å². The lowest BCUT2D eigenvalue weighted by Crippen LogP contribution is -2.12. The predicted octanol–water partition coefficient (Wildman–Crippen LogP) is 4.53. The zero-order valence-electron chi connectivity index (χ0n) is 10.7. The summed E-state index contributed by atoms with van der Waals surface area (Å²) in [6, 6.07) is 19.3. The zero-order valence-corrected chi connectivity index (χ0v) is 11.4. The number of aromatic nitrogens is 1. The highest BCUT2D eigenvalue weighted by Gasteiger charge is 2.16. The summed E-state index contributed by atoms with van der Waals surface area (Å²) >= 11 is 5.92. The predicted molar refractivity (Wildman–Crippen MR) is 79.9 cm³/mol. The van der Waals surface area contributed by atoms with Crippen molar-refractivity contribution in [1.29, 1.82) is 0 Å². The number of hydrogen-bond donors (Lipinski definition) is 1. The van der Waals surface area contributed by atoms with Gasteiger partial charge in [0.25, 0.3) is 0 Å². The van der Waals surface area contributed by atoms with Crippen LogP contribution in [0.4, 0.5) is 5.82 Å². The van der Waals surface area contributed by atoms with Crippen LogP contribution >= 0.6 is 11.6 Å². The number of nitrogens with one attached hydrogen (secondary N) is 1. The summed E-state index contributed by atoms with van der Waals surface area (Å²) in [4.78, 5) is 4.26. The van der Waals surface area contributed by atoms with Crippen molar-refractivity contribution in [2.45, 2.75) is 6.04 Å². The van der Waals surface area contributed by atoms with Gasteiger partial charge < -0.3 is 9.73 Å². The molecular weight excluding hydrogens is 272 g/mol. The van der Waals surface area contributed by atoms with Crippen LogP contribution in [0.2, 0.25) is 5.15 Å². The Hall–Kier alpha value is -2.26. The van der Waals surface area contributed by atoms with Crippen molar-refractivity contribution in [1.82, 2.24) is 4.98 Å². The molecule has 1 aromatic carbocycles. The second kappa shape index (κ2) is 5.80. The number of benzene rings is 1. The number of halogens is 1. The van der Waals surface area contributed by atoms with Crippen molar-refractivity contribution in [3.05, 3.63) is 83.4 Å². The molecule has 2 heterocycles. The molecule has 100 valence electrons. The maximum atomic E-state index is 5.92. The van der Waals surface area contributed by atoms with E-state index in [1.807, 2.05) is 54.6 Å². The average molecular weight is 285 g/mol. The van der Waals surface area contributed by atoms with Crippen LogP contribution in [0.5, 0.6) is 0 Å². The number of nitrogens with zero attached hydrogens (tertiary/aromatic N) is 1. The summed E-state index contributed by atoms with van der Waals surface area (Å²) in [5, 5.41) is 3.81. The minimum atomic E-state index is -0.0998. The molecule has 0 aliphatic carbocycles. The first kappa shape index (κ1) is 12.8. The van der Waals surface area contributed by atoms with Crippen LogP contribution in [-0.2, 0) is 0 Å². The Labute approximate surface area is 122 Å². The first-order valence-electron chi connectivity index (χ1n) is 6.30. The number of pyridine rings is 1. The van der Waals surface area contributed by atoms with Gasteiger partial charge in [0.2, 0.25) is 0 Å². The SMILES string of the molecule is Clc1cccc(NC(c2ccccc2)c2ccco2)n1. The standard InChI is InChI=1S/C16H13ClN2O/c17-14-9-4-10-15(18-14)19-16(13-8-5-11-20-13)12-6-2-1-3-7-12/h1-11,16H,(H,18,19). The Kier molecular flexibility index (Phi) is 3.70. The molecule has 3 nitrogen and oxygen atoms in total. The molecule has 0 aliphatic heterocycles. The number of rotatable bonds is 4. The van der Waals surface area contributed by atoms with Crippen molar-refractivity contribution in [2.24, 2.45) is 0 Å². The number of anilines is 1. The first-order chi connectivity index (χ1) is 9.83. The zero-order chi connectivity index (χ0) is 13.8. The van der Waals surface area contributed by atoms with Gasteiger partial charge in [-0.05, 0) is 29.8 Å². The van der Waals surface area contributed by atoms with Gasteiger partial charge in [-0.1, -0.05) is 48.0 Å². The van der Waals surface area contributed by atoms with E-state index in [1.165, 1.54) is 0 Å². The van der Waals surface area contributed by atoms with Gasteiger partial charge in [0, 0.05) is 0 Å². The molecule has 1 N–H and O–H groups in total. The van der Waals surface area contributed by atoms with Crippen LogP contribution in [0.25, 0.3) is 0 Å². The number of furan rings is 1. The van der Waals surface area contributed by atoms with Gasteiger partial charge in [0.05, 0.1) is 6.26 Å². The van der Waals surface area contributed by atoms with E-state index in [0.717, 1.165) is 11.3 Å². The Bertz CT molecular complexity index is 668. The monoisotopic (exact) mass is 284 g/mol. The molecule has 0 spiro atoms. The molecular formula is C16H13ClN2O. The molecule has 1 atom stereocenters. The van der Waals surface area contributed by atoms with Crippen molar-refractivity contribution in [3.63, 3.8) is 0 Å². The third-order valence-electron chi connectivity index (χ3n) is 2.97. The maximum absolute atomic E-state index is 5.92. The molecule has 2 aromatic heterocycles. The highest BCUT2D eigenvalue weighted by molar-refractivity contribution is 6.29. The van der Waals surface area contributed by atoms with Gasteiger partial charge in [-0.3, -0.25) is 0 Å². The van der Waals surface area contributed by atoms with Gasteiger partial charge in [-0.25, -0.2) is 4.98 Å². The van der Waals surface area contributed by atoms with E-state index in [4.69, 9.17) is 16.0 Å². The Morgan fingerprint density at radius 3 is 2.50 bits per heavy atom. The summed E-state index contributed by atoms with van der Waals surface area (Å²) in [5.41, 5.74) is 1.10. The van der Waals surface area contributed by atoms with Crippen LogP contribution in [0.1, 0.15) is 17.4 Å². The highest BCUT2D eigenvalue weighted by atomic mass is 35.5. The minimum absolute atomic E-state index is 0.0998. The average Bonchev–Trinajstić information content (AvgIpc) is 3.00. The Morgan fingerprint density at radius 1 is 0.950 bits per heavy atom. The molecule has 4 heteroatoms. The minimum Gasteiger partial charge on any atom is -0.467 e. The maximum Gasteiger partial charge on any atom is 0.131 e. The lowest BCUT2D eigenvalue weighted by molar-refractivity contribution is 0.498. The van der Waals surface area contributed by atoms with Crippen molar-refractivity contribution in [2.75, 3.05) is 5.32 Å². The van der Waals surface area contributed by atoms with Gasteiger partial charge >= 0.3 is 0 Å². The van der Waals surface area contributed by atoms with Gasteiger partial charge in [0.1, 0.15) is 22.8 Å². The van der Waals surface area contributed by atoms with E-state index >= 15 is 0 Å². The quantitative estimate of drug-likeness (QED) is 0.715. The fraction of sp³-hybridized carbons (Fsp3) is 0.0625. The second-order valence-electron chi connectivity index (χ2n) is 4.35. The molecule has 0 saturated carbocycles. The van der Waals surface area contributed by atoms with Crippen LogP contribution in [-0.4, -0.2) is 4.98 Å². The van der Waals surface area contributed by atoms with Crippen LogP contribution in [0.3, 0.4) is 0 Å². The summed E-state index contributed by atoms with van der Waals surface area (Å²) in [5.74, 6) is 1.54. The molecule has 0 bridgehead atoms. The summed E-state index contributed by atoms with van der Waals surface area (Å²) in [6.07, 6.45) is 1.67. The largest absolute Gasteiger partial charge is 0.467 e. The molecule has 0 saturated heterocycles. The fourth-order valence-electron chi connectivity index (χ4n) is 2.06. The molecule has 0 amide bonds. The van der Waals surface area contributed by atoms with Gasteiger partial charge in [-0.15, -0.1) is 0 Å². The van der Waals surface area contributed by atoms with Crippen molar-refractivity contribution in [3.8, 4) is 0 Å².